The average molecular weight is 306 g/mol. The van der Waals surface area contributed by atoms with Crippen LogP contribution in [0, 0.1) is 0 Å². The molecule has 1 aromatic heterocycles. The third-order valence-electron chi connectivity index (χ3n) is 3.47. The molecule has 0 saturated carbocycles. The molecule has 2 aromatic carbocycles. The maximum atomic E-state index is 11.4. The minimum Gasteiger partial charge on any atom is -0.508 e. The van der Waals surface area contributed by atoms with Crippen molar-refractivity contribution in [2.24, 2.45) is 0 Å². The molecule has 0 bridgehead atoms. The number of rotatable bonds is 4. The van der Waals surface area contributed by atoms with Crippen LogP contribution in [0.5, 0.6) is 11.5 Å². The van der Waals surface area contributed by atoms with Gasteiger partial charge in [0.25, 0.3) is 0 Å². The number of benzene rings is 2. The number of pyridine rings is 1. The van der Waals surface area contributed by atoms with Gasteiger partial charge in [0, 0.05) is 23.5 Å². The van der Waals surface area contributed by atoms with Crippen LogP contribution in [0.25, 0.3) is 11.1 Å². The van der Waals surface area contributed by atoms with E-state index in [1.165, 1.54) is 17.0 Å². The van der Waals surface area contributed by atoms with E-state index in [4.69, 9.17) is 0 Å². The van der Waals surface area contributed by atoms with E-state index >= 15 is 0 Å². The molecule has 3 aromatic rings. The van der Waals surface area contributed by atoms with E-state index in [2.05, 4.69) is 4.98 Å². The molecule has 0 aliphatic heterocycles. The van der Waals surface area contributed by atoms with Crippen LogP contribution in [0.4, 0.5) is 11.4 Å². The van der Waals surface area contributed by atoms with Gasteiger partial charge < -0.3 is 10.2 Å². The van der Waals surface area contributed by atoms with E-state index in [1.807, 2.05) is 0 Å². The highest BCUT2D eigenvalue weighted by Gasteiger charge is 2.10. The van der Waals surface area contributed by atoms with Crippen LogP contribution in [-0.2, 0) is 4.79 Å². The number of nitrogens with zero attached hydrogens (tertiary/aromatic N) is 2. The number of aromatic hydroxyl groups is 2. The summed E-state index contributed by atoms with van der Waals surface area (Å²) < 4.78 is 0. The van der Waals surface area contributed by atoms with Crippen LogP contribution < -0.4 is 4.90 Å². The van der Waals surface area contributed by atoms with Crippen LogP contribution in [0.2, 0.25) is 0 Å². The first-order valence-corrected chi connectivity index (χ1v) is 6.96. The highest BCUT2D eigenvalue weighted by atomic mass is 16.3. The Morgan fingerprint density at radius 2 is 1.74 bits per heavy atom. The molecule has 2 N–H and O–H groups in total. The summed E-state index contributed by atoms with van der Waals surface area (Å²) in [5.74, 6) is 0.00355. The molecule has 23 heavy (non-hydrogen) atoms. The number of amides is 1. The topological polar surface area (TPSA) is 73.7 Å². The summed E-state index contributed by atoms with van der Waals surface area (Å²) >= 11 is 0. The number of carbonyl (C=O) groups excluding carboxylic acids is 1. The second-order valence-electron chi connectivity index (χ2n) is 4.93. The fraction of sp³-hybridized carbons (Fsp3) is 0. The van der Waals surface area contributed by atoms with Crippen molar-refractivity contribution in [3.05, 3.63) is 67.0 Å². The van der Waals surface area contributed by atoms with Crippen molar-refractivity contribution in [2.45, 2.75) is 0 Å². The second kappa shape index (κ2) is 6.19. The molecule has 1 amide bonds. The van der Waals surface area contributed by atoms with Gasteiger partial charge in [-0.05, 0) is 42.0 Å². The Labute approximate surface area is 133 Å². The second-order valence-corrected chi connectivity index (χ2v) is 4.93. The highest BCUT2D eigenvalue weighted by Crippen LogP contribution is 2.33. The van der Waals surface area contributed by atoms with Crippen molar-refractivity contribution in [2.75, 3.05) is 4.90 Å². The normalized spacial score (nSPS) is 10.3. The zero-order valence-electron chi connectivity index (χ0n) is 12.1. The lowest BCUT2D eigenvalue weighted by Gasteiger charge is -2.17. The summed E-state index contributed by atoms with van der Waals surface area (Å²) in [6.07, 6.45) is 3.97. The van der Waals surface area contributed by atoms with Crippen LogP contribution >= 0.6 is 0 Å². The summed E-state index contributed by atoms with van der Waals surface area (Å²) in [5, 5.41) is 19.3. The van der Waals surface area contributed by atoms with Gasteiger partial charge >= 0.3 is 0 Å². The van der Waals surface area contributed by atoms with Gasteiger partial charge in [-0.1, -0.05) is 12.1 Å². The van der Waals surface area contributed by atoms with Gasteiger partial charge in [-0.3, -0.25) is 14.7 Å². The smallest absolute Gasteiger partial charge is 0.218 e. The summed E-state index contributed by atoms with van der Waals surface area (Å²) in [6, 6.07) is 15.1. The van der Waals surface area contributed by atoms with Gasteiger partial charge in [-0.25, -0.2) is 0 Å². The van der Waals surface area contributed by atoms with Gasteiger partial charge in [-0.2, -0.15) is 0 Å². The summed E-state index contributed by atoms with van der Waals surface area (Å²) in [6.45, 7) is 0. The van der Waals surface area contributed by atoms with E-state index in [9.17, 15) is 15.0 Å². The molecule has 0 spiro atoms. The van der Waals surface area contributed by atoms with Crippen LogP contribution in [0.15, 0.2) is 67.0 Å². The number of carbonyl (C=O) groups is 1. The van der Waals surface area contributed by atoms with Crippen molar-refractivity contribution in [3.63, 3.8) is 0 Å². The quantitative estimate of drug-likeness (QED) is 0.724. The molecule has 0 saturated heterocycles. The highest BCUT2D eigenvalue weighted by molar-refractivity contribution is 5.87. The van der Waals surface area contributed by atoms with Gasteiger partial charge in [0.05, 0.1) is 11.9 Å². The predicted molar refractivity (Wildman–Crippen MR) is 87.6 cm³/mol. The maximum Gasteiger partial charge on any atom is 0.218 e. The molecule has 0 radical (unpaired) electrons. The van der Waals surface area contributed by atoms with Crippen molar-refractivity contribution in [1.29, 1.82) is 0 Å². The summed E-state index contributed by atoms with van der Waals surface area (Å²) in [5.41, 5.74) is 2.74. The van der Waals surface area contributed by atoms with Crippen LogP contribution in [0.3, 0.4) is 0 Å². The van der Waals surface area contributed by atoms with Crippen LogP contribution in [-0.4, -0.2) is 21.6 Å². The Morgan fingerprint density at radius 1 is 0.957 bits per heavy atom. The zero-order chi connectivity index (χ0) is 16.2. The van der Waals surface area contributed by atoms with E-state index in [0.717, 1.165) is 12.0 Å². The Hall–Kier alpha value is -3.34. The lowest BCUT2D eigenvalue weighted by atomic mass is 10.0. The van der Waals surface area contributed by atoms with E-state index in [1.54, 1.807) is 54.9 Å². The molecule has 5 nitrogen and oxygen atoms in total. The molecule has 114 valence electrons. The van der Waals surface area contributed by atoms with E-state index in [0.29, 0.717) is 16.9 Å². The summed E-state index contributed by atoms with van der Waals surface area (Å²) in [7, 11) is 0. The Kier molecular flexibility index (Phi) is 3.93. The van der Waals surface area contributed by atoms with Crippen molar-refractivity contribution < 1.29 is 15.0 Å². The first-order valence-electron chi connectivity index (χ1n) is 6.96. The fourth-order valence-corrected chi connectivity index (χ4v) is 2.33. The third-order valence-corrected chi connectivity index (χ3v) is 3.47. The Balaban J connectivity index is 1.94. The third kappa shape index (κ3) is 2.98. The molecule has 3 rings (SSSR count). The van der Waals surface area contributed by atoms with E-state index in [-0.39, 0.29) is 11.5 Å². The minimum absolute atomic E-state index is 0.00254. The first-order chi connectivity index (χ1) is 11.2. The molecule has 0 unspecified atom stereocenters. The number of hydrogen-bond acceptors (Lipinski definition) is 4. The predicted octanol–water partition coefficient (Wildman–Crippen LogP) is 3.45. The Morgan fingerprint density at radius 3 is 2.35 bits per heavy atom. The number of aromatic nitrogens is 1. The largest absolute Gasteiger partial charge is 0.508 e. The average Bonchev–Trinajstić information content (AvgIpc) is 2.57. The zero-order valence-corrected chi connectivity index (χ0v) is 12.1. The van der Waals surface area contributed by atoms with Gasteiger partial charge in [-0.15, -0.1) is 0 Å². The Bertz CT molecular complexity index is 817. The number of hydrogen-bond donors (Lipinski definition) is 2. The van der Waals surface area contributed by atoms with E-state index < -0.39 is 0 Å². The van der Waals surface area contributed by atoms with Gasteiger partial charge in [0.1, 0.15) is 11.5 Å². The summed E-state index contributed by atoms with van der Waals surface area (Å²) in [4.78, 5) is 16.9. The number of anilines is 2. The van der Waals surface area contributed by atoms with Crippen molar-refractivity contribution >= 4 is 17.8 Å². The molecule has 5 heteroatoms. The molecular formula is C18H14N2O3. The lowest BCUT2D eigenvalue weighted by molar-refractivity contribution is -0.106. The fourth-order valence-electron chi connectivity index (χ4n) is 2.33. The van der Waals surface area contributed by atoms with Gasteiger partial charge in [0.2, 0.25) is 6.41 Å². The molecule has 0 fully saturated rings. The molecule has 0 aliphatic rings. The van der Waals surface area contributed by atoms with Crippen molar-refractivity contribution in [1.82, 2.24) is 4.98 Å². The molecule has 0 aliphatic carbocycles. The molecule has 0 atom stereocenters. The van der Waals surface area contributed by atoms with Crippen LogP contribution in [0.1, 0.15) is 0 Å². The van der Waals surface area contributed by atoms with Gasteiger partial charge in [0.15, 0.2) is 0 Å². The van der Waals surface area contributed by atoms with Crippen molar-refractivity contribution in [3.8, 4) is 22.6 Å². The molecule has 1 heterocycles. The first kappa shape index (κ1) is 14.6. The maximum absolute atomic E-state index is 11.4. The SMILES string of the molecule is O=CN(c1ccc(-c2ccc(O)cc2O)cc1)c1cccnc1. The molecular weight excluding hydrogens is 292 g/mol. The number of phenols is 2. The standard InChI is InChI=1S/C18H14N2O3/c21-12-20(15-2-1-9-19-11-15)14-5-3-13(4-6-14)17-8-7-16(22)10-18(17)23/h1-12,22-23H. The minimum atomic E-state index is -0.00254. The lowest BCUT2D eigenvalue weighted by Crippen LogP contribution is -2.13. The number of phenolic OH excluding ortho intramolecular Hbond substituents is 2. The monoisotopic (exact) mass is 306 g/mol.